The van der Waals surface area contributed by atoms with Crippen LogP contribution in [0.5, 0.6) is 0 Å². The first-order chi connectivity index (χ1) is 7.65. The number of nitrogens with zero attached hydrogens (tertiary/aromatic N) is 1. The van der Waals surface area contributed by atoms with Crippen LogP contribution in [0.3, 0.4) is 0 Å². The van der Waals surface area contributed by atoms with Gasteiger partial charge >= 0.3 is 0 Å². The van der Waals surface area contributed by atoms with Gasteiger partial charge in [-0.1, -0.05) is 16.8 Å². The van der Waals surface area contributed by atoms with Gasteiger partial charge in [0.1, 0.15) is 0 Å². The highest BCUT2D eigenvalue weighted by atomic mass is 35.5. The van der Waals surface area contributed by atoms with Gasteiger partial charge in [0.25, 0.3) is 0 Å². The first-order valence-electron chi connectivity index (χ1n) is 5.39. The Morgan fingerprint density at radius 2 is 2.12 bits per heavy atom. The van der Waals surface area contributed by atoms with Crippen molar-refractivity contribution in [3.05, 3.63) is 27.9 Å². The lowest BCUT2D eigenvalue weighted by molar-refractivity contribution is 0.445. The molecule has 2 aromatic rings. The van der Waals surface area contributed by atoms with Gasteiger partial charge in [0.05, 0.1) is 5.69 Å². The van der Waals surface area contributed by atoms with Gasteiger partial charge in [0, 0.05) is 10.4 Å². The summed E-state index contributed by atoms with van der Waals surface area (Å²) in [5, 5.41) is 5.93. The number of aromatic nitrogens is 1. The van der Waals surface area contributed by atoms with Crippen LogP contribution in [-0.4, -0.2) is 11.7 Å². The van der Waals surface area contributed by atoms with E-state index in [4.69, 9.17) is 21.9 Å². The molecule has 0 spiro atoms. The molecular weight excluding hydrogens is 259 g/mol. The number of benzene rings is 1. The summed E-state index contributed by atoms with van der Waals surface area (Å²) in [7, 11) is 0. The molecule has 0 fully saturated rings. The van der Waals surface area contributed by atoms with E-state index in [1.807, 2.05) is 19.9 Å². The van der Waals surface area contributed by atoms with E-state index in [0.717, 1.165) is 45.7 Å². The Morgan fingerprint density at radius 3 is 2.76 bits per heavy atom. The second kappa shape index (κ2) is 5.71. The lowest BCUT2D eigenvalue weighted by Crippen LogP contribution is -2.00. The van der Waals surface area contributed by atoms with Crippen molar-refractivity contribution in [1.82, 2.24) is 5.16 Å². The third-order valence-electron chi connectivity index (χ3n) is 2.80. The van der Waals surface area contributed by atoms with Gasteiger partial charge in [0.15, 0.2) is 5.58 Å². The fourth-order valence-corrected chi connectivity index (χ4v) is 2.09. The van der Waals surface area contributed by atoms with Gasteiger partial charge in [-0.25, -0.2) is 0 Å². The Hall–Kier alpha value is -0.770. The maximum atomic E-state index is 6.23. The average Bonchev–Trinajstić information content (AvgIpc) is 2.66. The standard InChI is InChI=1S/C12H15ClN2O.ClH/c1-7-6-10-11(8(2)12(7)13)9(15-16-10)4-3-5-14;/h6H,3-5,14H2,1-2H3;1H. The Labute approximate surface area is 112 Å². The van der Waals surface area contributed by atoms with Crippen molar-refractivity contribution in [2.75, 3.05) is 6.54 Å². The van der Waals surface area contributed by atoms with Crippen LogP contribution in [0.2, 0.25) is 5.02 Å². The Bertz CT molecular complexity index is 523. The summed E-state index contributed by atoms with van der Waals surface area (Å²) in [6.07, 6.45) is 1.75. The van der Waals surface area contributed by atoms with Crippen LogP contribution in [0, 0.1) is 13.8 Å². The molecule has 1 heterocycles. The molecule has 17 heavy (non-hydrogen) atoms. The van der Waals surface area contributed by atoms with E-state index < -0.39 is 0 Å². The van der Waals surface area contributed by atoms with Crippen LogP contribution in [0.4, 0.5) is 0 Å². The van der Waals surface area contributed by atoms with E-state index in [-0.39, 0.29) is 12.4 Å². The van der Waals surface area contributed by atoms with Crippen LogP contribution < -0.4 is 5.73 Å². The van der Waals surface area contributed by atoms with Crippen LogP contribution in [0.1, 0.15) is 23.2 Å². The minimum atomic E-state index is 0. The van der Waals surface area contributed by atoms with E-state index in [1.54, 1.807) is 0 Å². The second-order valence-electron chi connectivity index (χ2n) is 4.03. The van der Waals surface area contributed by atoms with Gasteiger partial charge in [-0.15, -0.1) is 12.4 Å². The molecule has 3 nitrogen and oxygen atoms in total. The third-order valence-corrected chi connectivity index (χ3v) is 3.39. The van der Waals surface area contributed by atoms with E-state index in [1.165, 1.54) is 0 Å². The molecule has 0 aliphatic heterocycles. The lowest BCUT2D eigenvalue weighted by Gasteiger charge is -2.03. The number of rotatable bonds is 3. The topological polar surface area (TPSA) is 52.0 Å². The average molecular weight is 275 g/mol. The number of hydrogen-bond donors (Lipinski definition) is 1. The SMILES string of the molecule is Cc1cc2onc(CCCN)c2c(C)c1Cl.Cl. The molecule has 2 rings (SSSR count). The van der Waals surface area contributed by atoms with Crippen LogP contribution in [-0.2, 0) is 6.42 Å². The molecule has 0 aliphatic carbocycles. The van der Waals surface area contributed by atoms with Crippen molar-refractivity contribution in [1.29, 1.82) is 0 Å². The Kier molecular flexibility index (Phi) is 4.80. The van der Waals surface area contributed by atoms with Crippen molar-refractivity contribution in [3.63, 3.8) is 0 Å². The molecule has 0 unspecified atom stereocenters. The zero-order valence-corrected chi connectivity index (χ0v) is 11.5. The van der Waals surface area contributed by atoms with Gasteiger partial charge < -0.3 is 10.3 Å². The summed E-state index contributed by atoms with van der Waals surface area (Å²) >= 11 is 6.23. The summed E-state index contributed by atoms with van der Waals surface area (Å²) in [4.78, 5) is 0. The highest BCUT2D eigenvalue weighted by Gasteiger charge is 2.14. The predicted molar refractivity (Wildman–Crippen MR) is 73.1 cm³/mol. The highest BCUT2D eigenvalue weighted by Crippen LogP contribution is 2.31. The largest absolute Gasteiger partial charge is 0.356 e. The Balaban J connectivity index is 0.00000144. The Morgan fingerprint density at radius 1 is 1.41 bits per heavy atom. The fraction of sp³-hybridized carbons (Fsp3) is 0.417. The van der Waals surface area contributed by atoms with Gasteiger partial charge in [-0.05, 0) is 50.4 Å². The molecule has 0 atom stereocenters. The van der Waals surface area contributed by atoms with Crippen molar-refractivity contribution in [2.24, 2.45) is 5.73 Å². The molecule has 1 aromatic heterocycles. The first kappa shape index (κ1) is 14.3. The minimum absolute atomic E-state index is 0. The smallest absolute Gasteiger partial charge is 0.167 e. The molecule has 0 bridgehead atoms. The first-order valence-corrected chi connectivity index (χ1v) is 5.77. The van der Waals surface area contributed by atoms with E-state index in [2.05, 4.69) is 5.16 Å². The van der Waals surface area contributed by atoms with Crippen molar-refractivity contribution in [3.8, 4) is 0 Å². The number of fused-ring (bicyclic) bond motifs is 1. The number of aryl methyl sites for hydroxylation is 3. The molecule has 0 amide bonds. The molecule has 0 saturated heterocycles. The maximum Gasteiger partial charge on any atom is 0.167 e. The summed E-state index contributed by atoms with van der Waals surface area (Å²) in [6, 6.07) is 1.93. The van der Waals surface area contributed by atoms with E-state index in [0.29, 0.717) is 6.54 Å². The van der Waals surface area contributed by atoms with Crippen LogP contribution in [0.15, 0.2) is 10.6 Å². The number of nitrogens with two attached hydrogens (primary N) is 1. The molecule has 2 N–H and O–H groups in total. The molecular formula is C12H16Cl2N2O. The van der Waals surface area contributed by atoms with Gasteiger partial charge in [-0.3, -0.25) is 0 Å². The molecule has 0 saturated carbocycles. The second-order valence-corrected chi connectivity index (χ2v) is 4.41. The quantitative estimate of drug-likeness (QED) is 0.933. The maximum absolute atomic E-state index is 6.23. The van der Waals surface area contributed by atoms with Crippen molar-refractivity contribution < 1.29 is 4.52 Å². The summed E-state index contributed by atoms with van der Waals surface area (Å²) < 4.78 is 5.31. The van der Waals surface area contributed by atoms with Gasteiger partial charge in [0.2, 0.25) is 0 Å². The third kappa shape index (κ3) is 2.57. The van der Waals surface area contributed by atoms with E-state index >= 15 is 0 Å². The van der Waals surface area contributed by atoms with Crippen LogP contribution >= 0.6 is 24.0 Å². The minimum Gasteiger partial charge on any atom is -0.356 e. The summed E-state index contributed by atoms with van der Waals surface area (Å²) in [5.41, 5.74) is 9.33. The normalized spacial score (nSPS) is 10.6. The van der Waals surface area contributed by atoms with Gasteiger partial charge in [-0.2, -0.15) is 0 Å². The highest BCUT2D eigenvalue weighted by molar-refractivity contribution is 6.33. The summed E-state index contributed by atoms with van der Waals surface area (Å²) in [6.45, 7) is 4.63. The van der Waals surface area contributed by atoms with E-state index in [9.17, 15) is 0 Å². The molecule has 0 radical (unpaired) electrons. The van der Waals surface area contributed by atoms with Crippen molar-refractivity contribution >= 4 is 35.0 Å². The lowest BCUT2D eigenvalue weighted by atomic mass is 10.0. The monoisotopic (exact) mass is 274 g/mol. The molecule has 94 valence electrons. The zero-order chi connectivity index (χ0) is 11.7. The fourth-order valence-electron chi connectivity index (χ4n) is 1.94. The molecule has 0 aliphatic rings. The summed E-state index contributed by atoms with van der Waals surface area (Å²) in [5.74, 6) is 0. The number of hydrogen-bond acceptors (Lipinski definition) is 3. The van der Waals surface area contributed by atoms with Crippen LogP contribution in [0.25, 0.3) is 11.0 Å². The number of halogens is 2. The van der Waals surface area contributed by atoms with Crippen molar-refractivity contribution in [2.45, 2.75) is 26.7 Å². The molecule has 1 aromatic carbocycles. The predicted octanol–water partition coefficient (Wildman–Crippen LogP) is 3.41. The zero-order valence-electron chi connectivity index (χ0n) is 9.92. The molecule has 5 heteroatoms.